The standard InChI is InChI=1S/C13H15F3N4O/c1-7(21)19(2)11-8-5-20(6-9(8)11)12-17-4-3-10(18-12)13(14,15)16/h3-4,8-9,11H,5-6H2,1-2H3/t8-,9+,11+. The van der Waals surface area contributed by atoms with Crippen LogP contribution in [0.5, 0.6) is 0 Å². The van der Waals surface area contributed by atoms with Gasteiger partial charge in [0.15, 0.2) is 0 Å². The lowest BCUT2D eigenvalue weighted by Crippen LogP contribution is -2.35. The normalized spacial score (nSPS) is 27.5. The van der Waals surface area contributed by atoms with Crippen molar-refractivity contribution in [3.05, 3.63) is 18.0 Å². The zero-order valence-electron chi connectivity index (χ0n) is 11.6. The third-order valence-electron chi connectivity index (χ3n) is 4.31. The monoisotopic (exact) mass is 300 g/mol. The van der Waals surface area contributed by atoms with Gasteiger partial charge in [0.25, 0.3) is 0 Å². The summed E-state index contributed by atoms with van der Waals surface area (Å²) < 4.78 is 37.9. The van der Waals surface area contributed by atoms with E-state index >= 15 is 0 Å². The number of aromatic nitrogens is 2. The van der Waals surface area contributed by atoms with E-state index in [1.165, 1.54) is 6.92 Å². The van der Waals surface area contributed by atoms with Crippen molar-refractivity contribution in [2.75, 3.05) is 25.0 Å². The van der Waals surface area contributed by atoms with Crippen molar-refractivity contribution < 1.29 is 18.0 Å². The number of carbonyl (C=O) groups is 1. The largest absolute Gasteiger partial charge is 0.433 e. The lowest BCUT2D eigenvalue weighted by atomic mass is 10.3. The van der Waals surface area contributed by atoms with Crippen molar-refractivity contribution in [1.29, 1.82) is 0 Å². The fraction of sp³-hybridized carbons (Fsp3) is 0.615. The zero-order valence-corrected chi connectivity index (χ0v) is 11.6. The summed E-state index contributed by atoms with van der Waals surface area (Å²) in [5.74, 6) is 0.728. The Morgan fingerprint density at radius 2 is 2.00 bits per heavy atom. The molecule has 0 radical (unpaired) electrons. The first kappa shape index (κ1) is 14.1. The van der Waals surface area contributed by atoms with Crippen molar-refractivity contribution in [1.82, 2.24) is 14.9 Å². The highest BCUT2D eigenvalue weighted by Crippen LogP contribution is 2.49. The lowest BCUT2D eigenvalue weighted by molar-refractivity contribution is -0.141. The second-order valence-electron chi connectivity index (χ2n) is 5.59. The van der Waals surface area contributed by atoms with Gasteiger partial charge in [0.1, 0.15) is 5.69 Å². The van der Waals surface area contributed by atoms with Crippen LogP contribution in [-0.2, 0) is 11.0 Å². The Balaban J connectivity index is 1.69. The minimum absolute atomic E-state index is 0.0104. The van der Waals surface area contributed by atoms with Crippen LogP contribution in [0.25, 0.3) is 0 Å². The van der Waals surface area contributed by atoms with Crippen LogP contribution in [0.1, 0.15) is 12.6 Å². The Labute approximate surface area is 119 Å². The van der Waals surface area contributed by atoms with Crippen LogP contribution in [0.4, 0.5) is 19.1 Å². The van der Waals surface area contributed by atoms with Crippen LogP contribution in [0.15, 0.2) is 12.3 Å². The molecule has 1 amide bonds. The molecule has 0 unspecified atom stereocenters. The summed E-state index contributed by atoms with van der Waals surface area (Å²) in [5.41, 5.74) is -0.925. The number of hydrogen-bond donors (Lipinski definition) is 0. The smallest absolute Gasteiger partial charge is 0.342 e. The fourth-order valence-electron chi connectivity index (χ4n) is 3.10. The number of hydrogen-bond acceptors (Lipinski definition) is 4. The topological polar surface area (TPSA) is 49.3 Å². The second kappa shape index (κ2) is 4.57. The molecule has 2 heterocycles. The predicted molar refractivity (Wildman–Crippen MR) is 68.5 cm³/mol. The molecule has 1 aliphatic heterocycles. The van der Waals surface area contributed by atoms with Crippen molar-refractivity contribution in [2.45, 2.75) is 19.1 Å². The number of anilines is 1. The number of nitrogens with zero attached hydrogens (tertiary/aromatic N) is 4. The van der Waals surface area contributed by atoms with Crippen LogP contribution >= 0.6 is 0 Å². The van der Waals surface area contributed by atoms with Gasteiger partial charge in [-0.3, -0.25) is 4.79 Å². The Bertz CT molecular complexity index is 565. The SMILES string of the molecule is CC(=O)N(C)[C@H]1[C@@H]2CN(c3nccc(C(F)(F)F)n3)C[C@@H]21. The molecular formula is C13H15F3N4O. The lowest BCUT2D eigenvalue weighted by Gasteiger charge is -2.24. The maximum absolute atomic E-state index is 12.6. The van der Waals surface area contributed by atoms with E-state index in [-0.39, 0.29) is 17.9 Å². The van der Waals surface area contributed by atoms with Crippen molar-refractivity contribution in [2.24, 2.45) is 11.8 Å². The van der Waals surface area contributed by atoms with E-state index in [1.54, 1.807) is 16.8 Å². The number of fused-ring (bicyclic) bond motifs is 1. The van der Waals surface area contributed by atoms with Gasteiger partial charge >= 0.3 is 6.18 Å². The molecular weight excluding hydrogens is 285 g/mol. The van der Waals surface area contributed by atoms with Crippen LogP contribution in [-0.4, -0.2) is 47.0 Å². The second-order valence-corrected chi connectivity index (χ2v) is 5.59. The Kier molecular flexibility index (Phi) is 3.07. The van der Waals surface area contributed by atoms with E-state index in [2.05, 4.69) is 9.97 Å². The van der Waals surface area contributed by atoms with Crippen molar-refractivity contribution >= 4 is 11.9 Å². The molecule has 2 aliphatic rings. The zero-order chi connectivity index (χ0) is 15.4. The number of alkyl halides is 3. The molecule has 114 valence electrons. The molecule has 3 rings (SSSR count). The van der Waals surface area contributed by atoms with Gasteiger partial charge < -0.3 is 9.80 Å². The van der Waals surface area contributed by atoms with Gasteiger partial charge in [-0.1, -0.05) is 0 Å². The van der Waals surface area contributed by atoms with E-state index in [0.717, 1.165) is 12.3 Å². The summed E-state index contributed by atoms with van der Waals surface area (Å²) in [6.45, 7) is 2.70. The van der Waals surface area contributed by atoms with Gasteiger partial charge in [-0.2, -0.15) is 13.2 Å². The van der Waals surface area contributed by atoms with Gasteiger partial charge in [0, 0.05) is 51.1 Å². The molecule has 21 heavy (non-hydrogen) atoms. The summed E-state index contributed by atoms with van der Waals surface area (Å²) in [7, 11) is 1.76. The molecule has 1 aromatic rings. The first-order chi connectivity index (χ1) is 9.79. The van der Waals surface area contributed by atoms with Gasteiger partial charge in [-0.25, -0.2) is 9.97 Å². The molecule has 1 aliphatic carbocycles. The van der Waals surface area contributed by atoms with E-state index in [1.807, 2.05) is 0 Å². The third-order valence-corrected chi connectivity index (χ3v) is 4.31. The van der Waals surface area contributed by atoms with E-state index in [9.17, 15) is 18.0 Å². The van der Waals surface area contributed by atoms with Crippen LogP contribution < -0.4 is 4.90 Å². The average molecular weight is 300 g/mol. The molecule has 0 aromatic carbocycles. The number of piperidine rings is 1. The molecule has 3 atom stereocenters. The Morgan fingerprint density at radius 1 is 1.38 bits per heavy atom. The Morgan fingerprint density at radius 3 is 2.52 bits per heavy atom. The number of carbonyl (C=O) groups excluding carboxylic acids is 1. The van der Waals surface area contributed by atoms with Gasteiger partial charge in [-0.05, 0) is 6.07 Å². The first-order valence-electron chi connectivity index (χ1n) is 6.67. The van der Waals surface area contributed by atoms with E-state index in [0.29, 0.717) is 24.9 Å². The Hall–Kier alpha value is -1.86. The van der Waals surface area contributed by atoms with Crippen LogP contribution in [0, 0.1) is 11.8 Å². The minimum atomic E-state index is -4.46. The number of halogens is 3. The predicted octanol–water partition coefficient (Wildman–Crippen LogP) is 1.41. The van der Waals surface area contributed by atoms with Gasteiger partial charge in [-0.15, -0.1) is 0 Å². The molecule has 0 N–H and O–H groups in total. The molecule has 1 saturated heterocycles. The van der Waals surface area contributed by atoms with Gasteiger partial charge in [0.05, 0.1) is 0 Å². The maximum atomic E-state index is 12.6. The number of amides is 1. The quantitative estimate of drug-likeness (QED) is 0.828. The molecule has 0 bridgehead atoms. The van der Waals surface area contributed by atoms with Crippen molar-refractivity contribution in [3.63, 3.8) is 0 Å². The molecule has 8 heteroatoms. The van der Waals surface area contributed by atoms with E-state index < -0.39 is 11.9 Å². The van der Waals surface area contributed by atoms with E-state index in [4.69, 9.17) is 0 Å². The highest BCUT2D eigenvalue weighted by molar-refractivity contribution is 5.74. The average Bonchev–Trinajstić information content (AvgIpc) is 2.90. The van der Waals surface area contributed by atoms with Crippen LogP contribution in [0.3, 0.4) is 0 Å². The fourth-order valence-corrected chi connectivity index (χ4v) is 3.10. The van der Waals surface area contributed by atoms with Gasteiger partial charge in [0.2, 0.25) is 11.9 Å². The highest BCUT2D eigenvalue weighted by Gasteiger charge is 2.58. The molecule has 0 spiro atoms. The maximum Gasteiger partial charge on any atom is 0.433 e. The summed E-state index contributed by atoms with van der Waals surface area (Å²) in [5, 5.41) is 0. The summed E-state index contributed by atoms with van der Waals surface area (Å²) in [6, 6.07) is 1.07. The molecule has 1 aromatic heterocycles. The van der Waals surface area contributed by atoms with Crippen LogP contribution in [0.2, 0.25) is 0 Å². The van der Waals surface area contributed by atoms with Crippen molar-refractivity contribution in [3.8, 4) is 0 Å². The molecule has 1 saturated carbocycles. The summed E-state index contributed by atoms with van der Waals surface area (Å²) in [4.78, 5) is 22.3. The third kappa shape index (κ3) is 2.43. The minimum Gasteiger partial charge on any atom is -0.342 e. The number of rotatable bonds is 2. The summed E-state index contributed by atoms with van der Waals surface area (Å²) >= 11 is 0. The summed E-state index contributed by atoms with van der Waals surface area (Å²) in [6.07, 6.45) is -3.33. The highest BCUT2D eigenvalue weighted by atomic mass is 19.4. The first-order valence-corrected chi connectivity index (χ1v) is 6.67. The molecule has 2 fully saturated rings. The molecule has 5 nitrogen and oxygen atoms in total.